The molecule has 1 atom stereocenters. The molecule has 2 nitrogen and oxygen atoms in total. The van der Waals surface area contributed by atoms with Gasteiger partial charge in [-0.05, 0) is 42.8 Å². The number of alkyl halides is 2. The zero-order chi connectivity index (χ0) is 15.2. The fourth-order valence-electron chi connectivity index (χ4n) is 2.20. The standard InChI is InChI=1S/C16H19F2NOS/c1-3-13-8-9-14(21-13)15(19-4-2)11-6-5-7-12(10-11)20-16(17)18/h5-10,15-16,19H,3-4H2,1-2H3. The van der Waals surface area contributed by atoms with E-state index in [1.807, 2.05) is 13.0 Å². The molecular weight excluding hydrogens is 292 g/mol. The van der Waals surface area contributed by atoms with Crippen LogP contribution in [0.2, 0.25) is 0 Å². The first-order chi connectivity index (χ1) is 10.1. The lowest BCUT2D eigenvalue weighted by Crippen LogP contribution is -2.21. The van der Waals surface area contributed by atoms with Gasteiger partial charge >= 0.3 is 6.61 Å². The van der Waals surface area contributed by atoms with Crippen molar-refractivity contribution in [2.24, 2.45) is 0 Å². The Balaban J connectivity index is 2.29. The fourth-order valence-corrected chi connectivity index (χ4v) is 3.25. The normalized spacial score (nSPS) is 12.6. The number of aryl methyl sites for hydroxylation is 1. The van der Waals surface area contributed by atoms with Gasteiger partial charge in [0, 0.05) is 9.75 Å². The maximum atomic E-state index is 12.3. The highest BCUT2D eigenvalue weighted by atomic mass is 32.1. The van der Waals surface area contributed by atoms with Crippen molar-refractivity contribution in [3.63, 3.8) is 0 Å². The van der Waals surface area contributed by atoms with Crippen LogP contribution in [0.4, 0.5) is 8.78 Å². The monoisotopic (exact) mass is 311 g/mol. The molecule has 2 aromatic rings. The molecule has 21 heavy (non-hydrogen) atoms. The van der Waals surface area contributed by atoms with E-state index in [1.54, 1.807) is 29.5 Å². The first kappa shape index (κ1) is 15.9. The summed E-state index contributed by atoms with van der Waals surface area (Å²) in [6.07, 6.45) is 0.998. The smallest absolute Gasteiger partial charge is 0.387 e. The zero-order valence-corrected chi connectivity index (χ0v) is 12.9. The van der Waals surface area contributed by atoms with Gasteiger partial charge in [0.1, 0.15) is 5.75 Å². The molecule has 2 rings (SSSR count). The topological polar surface area (TPSA) is 21.3 Å². The van der Waals surface area contributed by atoms with Crippen molar-refractivity contribution in [3.05, 3.63) is 51.7 Å². The van der Waals surface area contributed by atoms with Gasteiger partial charge in [-0.15, -0.1) is 11.3 Å². The van der Waals surface area contributed by atoms with Crippen LogP contribution < -0.4 is 10.1 Å². The second kappa shape index (κ2) is 7.52. The van der Waals surface area contributed by atoms with Crippen molar-refractivity contribution in [1.29, 1.82) is 0 Å². The van der Waals surface area contributed by atoms with Crippen molar-refractivity contribution in [3.8, 4) is 5.75 Å². The quantitative estimate of drug-likeness (QED) is 0.806. The van der Waals surface area contributed by atoms with E-state index >= 15 is 0 Å². The molecule has 0 aliphatic rings. The van der Waals surface area contributed by atoms with E-state index in [1.165, 1.54) is 9.75 Å². The number of hydrogen-bond donors (Lipinski definition) is 1. The first-order valence-corrected chi connectivity index (χ1v) is 7.82. The number of hydrogen-bond acceptors (Lipinski definition) is 3. The molecule has 114 valence electrons. The molecule has 0 saturated heterocycles. The number of halogens is 2. The third-order valence-electron chi connectivity index (χ3n) is 3.14. The maximum absolute atomic E-state index is 12.3. The molecular formula is C16H19F2NOS. The van der Waals surface area contributed by atoms with E-state index in [4.69, 9.17) is 0 Å². The lowest BCUT2D eigenvalue weighted by molar-refractivity contribution is -0.0498. The number of rotatable bonds is 7. The van der Waals surface area contributed by atoms with Gasteiger partial charge < -0.3 is 10.1 Å². The van der Waals surface area contributed by atoms with Crippen LogP contribution in [-0.2, 0) is 6.42 Å². The molecule has 1 aromatic carbocycles. The molecule has 5 heteroatoms. The summed E-state index contributed by atoms with van der Waals surface area (Å²) in [5, 5.41) is 3.40. The van der Waals surface area contributed by atoms with E-state index in [2.05, 4.69) is 29.1 Å². The van der Waals surface area contributed by atoms with Crippen LogP contribution in [0.15, 0.2) is 36.4 Å². The van der Waals surface area contributed by atoms with E-state index < -0.39 is 6.61 Å². The maximum Gasteiger partial charge on any atom is 0.387 e. The molecule has 1 heterocycles. The third kappa shape index (κ3) is 4.25. The number of nitrogens with one attached hydrogen (secondary N) is 1. The van der Waals surface area contributed by atoms with Crippen LogP contribution in [0.25, 0.3) is 0 Å². The molecule has 0 aliphatic carbocycles. The van der Waals surface area contributed by atoms with Gasteiger partial charge in [-0.3, -0.25) is 0 Å². The highest BCUT2D eigenvalue weighted by Gasteiger charge is 2.16. The zero-order valence-electron chi connectivity index (χ0n) is 12.1. The molecule has 0 saturated carbocycles. The van der Waals surface area contributed by atoms with Crippen LogP contribution >= 0.6 is 11.3 Å². The van der Waals surface area contributed by atoms with Crippen LogP contribution in [0, 0.1) is 0 Å². The Labute approximate surface area is 127 Å². The van der Waals surface area contributed by atoms with E-state index in [0.717, 1.165) is 18.5 Å². The number of ether oxygens (including phenoxy) is 1. The summed E-state index contributed by atoms with van der Waals surface area (Å²) in [6.45, 7) is 2.14. The molecule has 1 aromatic heterocycles. The minimum Gasteiger partial charge on any atom is -0.435 e. The van der Waals surface area contributed by atoms with Gasteiger partial charge in [0.2, 0.25) is 0 Å². The van der Waals surface area contributed by atoms with Crippen molar-refractivity contribution in [2.45, 2.75) is 32.9 Å². The highest BCUT2D eigenvalue weighted by Crippen LogP contribution is 2.30. The summed E-state index contributed by atoms with van der Waals surface area (Å²) >= 11 is 1.74. The first-order valence-electron chi connectivity index (χ1n) is 7.00. The molecule has 1 unspecified atom stereocenters. The molecule has 1 N–H and O–H groups in total. The minimum atomic E-state index is -2.80. The van der Waals surface area contributed by atoms with Crippen LogP contribution in [-0.4, -0.2) is 13.2 Å². The molecule has 0 aliphatic heterocycles. The Bertz CT molecular complexity index is 571. The molecule has 0 amide bonds. The molecule has 0 radical (unpaired) electrons. The summed E-state index contributed by atoms with van der Waals surface area (Å²) in [7, 11) is 0. The van der Waals surface area contributed by atoms with Crippen LogP contribution in [0.1, 0.15) is 35.2 Å². The van der Waals surface area contributed by atoms with Crippen molar-refractivity contribution < 1.29 is 13.5 Å². The van der Waals surface area contributed by atoms with Gasteiger partial charge in [0.15, 0.2) is 0 Å². The predicted molar refractivity (Wildman–Crippen MR) is 82.3 cm³/mol. The summed E-state index contributed by atoms with van der Waals surface area (Å²) in [5.41, 5.74) is 0.930. The summed E-state index contributed by atoms with van der Waals surface area (Å²) in [4.78, 5) is 2.50. The predicted octanol–water partition coefficient (Wildman–Crippen LogP) is 4.61. The third-order valence-corrected chi connectivity index (χ3v) is 4.43. The lowest BCUT2D eigenvalue weighted by atomic mass is 10.0. The van der Waals surface area contributed by atoms with Gasteiger partial charge in [0.25, 0.3) is 0 Å². The molecule has 0 bridgehead atoms. The Morgan fingerprint density at radius 1 is 1.19 bits per heavy atom. The Morgan fingerprint density at radius 3 is 2.62 bits per heavy atom. The number of thiophene rings is 1. The molecule has 0 fully saturated rings. The average Bonchev–Trinajstić information content (AvgIpc) is 2.93. The molecule has 0 spiro atoms. The lowest BCUT2D eigenvalue weighted by Gasteiger charge is -2.18. The van der Waals surface area contributed by atoms with Gasteiger partial charge in [0.05, 0.1) is 6.04 Å². The van der Waals surface area contributed by atoms with Gasteiger partial charge in [-0.25, -0.2) is 0 Å². The van der Waals surface area contributed by atoms with Crippen molar-refractivity contribution >= 4 is 11.3 Å². The Morgan fingerprint density at radius 2 is 2.00 bits per heavy atom. The van der Waals surface area contributed by atoms with Crippen LogP contribution in [0.5, 0.6) is 5.75 Å². The summed E-state index contributed by atoms with van der Waals surface area (Å²) in [5.74, 6) is 0.192. The summed E-state index contributed by atoms with van der Waals surface area (Å²) < 4.78 is 29.2. The summed E-state index contributed by atoms with van der Waals surface area (Å²) in [6, 6.07) is 11.1. The highest BCUT2D eigenvalue weighted by molar-refractivity contribution is 7.12. The Hall–Kier alpha value is -1.46. The largest absolute Gasteiger partial charge is 0.435 e. The van der Waals surface area contributed by atoms with Crippen molar-refractivity contribution in [1.82, 2.24) is 5.32 Å². The van der Waals surface area contributed by atoms with E-state index in [-0.39, 0.29) is 11.8 Å². The second-order valence-corrected chi connectivity index (χ2v) is 5.80. The SMILES string of the molecule is CCNC(c1cccc(OC(F)F)c1)c1ccc(CC)s1. The average molecular weight is 311 g/mol. The number of benzene rings is 1. The minimum absolute atomic E-state index is 0.00141. The van der Waals surface area contributed by atoms with E-state index in [9.17, 15) is 8.78 Å². The van der Waals surface area contributed by atoms with Crippen LogP contribution in [0.3, 0.4) is 0 Å². The Kier molecular flexibility index (Phi) is 5.70. The van der Waals surface area contributed by atoms with Crippen molar-refractivity contribution in [2.75, 3.05) is 6.54 Å². The van der Waals surface area contributed by atoms with Gasteiger partial charge in [-0.1, -0.05) is 26.0 Å². The fraction of sp³-hybridized carbons (Fsp3) is 0.375. The second-order valence-electron chi connectivity index (χ2n) is 4.60. The van der Waals surface area contributed by atoms with Gasteiger partial charge in [-0.2, -0.15) is 8.78 Å². The van der Waals surface area contributed by atoms with E-state index in [0.29, 0.717) is 0 Å².